The molecule has 4 N–H and O–H groups in total. The van der Waals surface area contributed by atoms with Gasteiger partial charge in [0, 0.05) is 13.1 Å². The van der Waals surface area contributed by atoms with Crippen LogP contribution in [0.1, 0.15) is 0 Å². The van der Waals surface area contributed by atoms with Gasteiger partial charge in [0.1, 0.15) is 0 Å². The van der Waals surface area contributed by atoms with Crippen molar-refractivity contribution in [3.8, 4) is 0 Å². The predicted octanol–water partition coefficient (Wildman–Crippen LogP) is -0.352. The Morgan fingerprint density at radius 2 is 1.83 bits per heavy atom. The van der Waals surface area contributed by atoms with Gasteiger partial charge >= 0.3 is 0 Å². The Bertz CT molecular complexity index is 553. The summed E-state index contributed by atoms with van der Waals surface area (Å²) in [6.07, 6.45) is -2.13. The molecule has 8 heteroatoms. The van der Waals surface area contributed by atoms with Gasteiger partial charge in [-0.05, 0) is 18.2 Å². The molecular weight excluding hydrogens is 280 g/mol. The lowest BCUT2D eigenvalue weighted by atomic mass is 10.3. The largest absolute Gasteiger partial charge is 0.397 e. The number of β-amino-alcohol motifs (C(OH)–C–C–N with tert-alkyl or cyclic N) is 2. The van der Waals surface area contributed by atoms with Crippen LogP contribution in [-0.4, -0.2) is 48.2 Å². The number of anilines is 1. The van der Waals surface area contributed by atoms with Crippen LogP contribution in [0.5, 0.6) is 0 Å². The fourth-order valence-electron chi connectivity index (χ4n) is 1.76. The van der Waals surface area contributed by atoms with Gasteiger partial charge in [0.15, 0.2) is 0 Å². The number of hydrogen-bond donors (Lipinski definition) is 3. The molecule has 18 heavy (non-hydrogen) atoms. The topological polar surface area (TPSA) is 104 Å². The molecule has 0 amide bonds. The number of benzene rings is 1. The first-order valence-electron chi connectivity index (χ1n) is 5.23. The Hall–Kier alpha value is -0.860. The monoisotopic (exact) mass is 292 g/mol. The highest BCUT2D eigenvalue weighted by atomic mass is 35.5. The second-order valence-corrected chi connectivity index (χ2v) is 6.49. The number of aliphatic hydroxyl groups is 2. The zero-order chi connectivity index (χ0) is 13.5. The van der Waals surface area contributed by atoms with E-state index in [4.69, 9.17) is 17.3 Å². The Morgan fingerprint density at radius 3 is 2.33 bits per heavy atom. The summed E-state index contributed by atoms with van der Waals surface area (Å²) in [5, 5.41) is 19.0. The third-order valence-corrected chi connectivity index (χ3v) is 5.00. The van der Waals surface area contributed by atoms with Gasteiger partial charge in [-0.15, -0.1) is 0 Å². The molecule has 0 spiro atoms. The van der Waals surface area contributed by atoms with E-state index in [2.05, 4.69) is 0 Å². The van der Waals surface area contributed by atoms with Crippen LogP contribution in [0.25, 0.3) is 0 Å². The van der Waals surface area contributed by atoms with Crippen molar-refractivity contribution in [3.05, 3.63) is 23.2 Å². The summed E-state index contributed by atoms with van der Waals surface area (Å²) in [7, 11) is -3.77. The molecule has 0 aliphatic carbocycles. The van der Waals surface area contributed by atoms with Crippen molar-refractivity contribution in [2.45, 2.75) is 17.1 Å². The van der Waals surface area contributed by atoms with E-state index < -0.39 is 22.2 Å². The summed E-state index contributed by atoms with van der Waals surface area (Å²) in [6.45, 7) is -0.266. The summed E-state index contributed by atoms with van der Waals surface area (Å²) in [4.78, 5) is -0.00861. The fraction of sp³-hybridized carbons (Fsp3) is 0.400. The molecule has 1 fully saturated rings. The highest BCUT2D eigenvalue weighted by Crippen LogP contribution is 2.26. The number of sulfonamides is 1. The zero-order valence-corrected chi connectivity index (χ0v) is 10.9. The maximum absolute atomic E-state index is 12.2. The number of aliphatic hydroxyl groups excluding tert-OH is 2. The number of hydrogen-bond acceptors (Lipinski definition) is 5. The maximum atomic E-state index is 12.2. The van der Waals surface area contributed by atoms with Crippen molar-refractivity contribution in [2.24, 2.45) is 0 Å². The summed E-state index contributed by atoms with van der Waals surface area (Å²) in [5.74, 6) is 0. The minimum absolute atomic E-state index is 0.00861. The maximum Gasteiger partial charge on any atom is 0.243 e. The van der Waals surface area contributed by atoms with Crippen LogP contribution >= 0.6 is 11.6 Å². The van der Waals surface area contributed by atoms with Crippen LogP contribution in [0, 0.1) is 0 Å². The van der Waals surface area contributed by atoms with Gasteiger partial charge in [0.2, 0.25) is 10.0 Å². The van der Waals surface area contributed by atoms with Crippen molar-refractivity contribution in [2.75, 3.05) is 18.8 Å². The van der Waals surface area contributed by atoms with E-state index in [0.29, 0.717) is 0 Å². The van der Waals surface area contributed by atoms with Crippen molar-refractivity contribution in [3.63, 3.8) is 0 Å². The van der Waals surface area contributed by atoms with Crippen molar-refractivity contribution >= 4 is 27.3 Å². The molecule has 6 nitrogen and oxygen atoms in total. The van der Waals surface area contributed by atoms with Gasteiger partial charge in [-0.3, -0.25) is 0 Å². The van der Waals surface area contributed by atoms with Gasteiger partial charge < -0.3 is 15.9 Å². The first-order chi connectivity index (χ1) is 8.32. The van der Waals surface area contributed by atoms with Crippen molar-refractivity contribution in [1.82, 2.24) is 4.31 Å². The Kier molecular flexibility index (Phi) is 3.52. The molecule has 1 heterocycles. The number of rotatable bonds is 2. The molecule has 2 atom stereocenters. The third-order valence-electron chi connectivity index (χ3n) is 2.83. The van der Waals surface area contributed by atoms with Crippen molar-refractivity contribution in [1.29, 1.82) is 0 Å². The van der Waals surface area contributed by atoms with Crippen LogP contribution in [0.15, 0.2) is 23.1 Å². The van der Waals surface area contributed by atoms with E-state index in [0.717, 1.165) is 4.31 Å². The smallest absolute Gasteiger partial charge is 0.243 e. The van der Waals surface area contributed by atoms with Gasteiger partial charge in [-0.2, -0.15) is 4.31 Å². The lowest BCUT2D eigenvalue weighted by molar-refractivity contribution is 0.0572. The highest BCUT2D eigenvalue weighted by molar-refractivity contribution is 7.89. The van der Waals surface area contributed by atoms with Crippen LogP contribution in [-0.2, 0) is 10.0 Å². The Balaban J connectivity index is 2.34. The van der Waals surface area contributed by atoms with E-state index >= 15 is 0 Å². The fourth-order valence-corrected chi connectivity index (χ4v) is 3.39. The third kappa shape index (κ3) is 2.32. The van der Waals surface area contributed by atoms with Gasteiger partial charge in [-0.1, -0.05) is 11.6 Å². The zero-order valence-electron chi connectivity index (χ0n) is 9.32. The molecular formula is C10H13ClN2O4S. The van der Waals surface area contributed by atoms with Gasteiger partial charge in [0.25, 0.3) is 0 Å². The molecule has 100 valence electrons. The molecule has 1 aliphatic heterocycles. The molecule has 0 unspecified atom stereocenters. The van der Waals surface area contributed by atoms with Crippen LogP contribution in [0.4, 0.5) is 5.69 Å². The molecule has 1 saturated heterocycles. The Labute approximate surface area is 110 Å². The second kappa shape index (κ2) is 4.67. The average molecular weight is 293 g/mol. The first-order valence-corrected chi connectivity index (χ1v) is 7.05. The van der Waals surface area contributed by atoms with E-state index in [1.807, 2.05) is 0 Å². The van der Waals surface area contributed by atoms with Gasteiger partial charge in [-0.25, -0.2) is 8.42 Å². The molecule has 1 aromatic rings. The van der Waals surface area contributed by atoms with E-state index in [1.54, 1.807) is 0 Å². The minimum Gasteiger partial charge on any atom is -0.397 e. The highest BCUT2D eigenvalue weighted by Gasteiger charge is 2.37. The molecule has 0 bridgehead atoms. The summed E-state index contributed by atoms with van der Waals surface area (Å²) in [6, 6.07) is 3.99. The number of halogens is 1. The number of nitrogens with two attached hydrogens (primary N) is 1. The number of nitrogen functional groups attached to an aromatic ring is 1. The van der Waals surface area contributed by atoms with E-state index in [9.17, 15) is 18.6 Å². The summed E-state index contributed by atoms with van der Waals surface area (Å²) in [5.41, 5.74) is 5.72. The lowest BCUT2D eigenvalue weighted by Gasteiger charge is -2.16. The van der Waals surface area contributed by atoms with E-state index in [-0.39, 0.29) is 28.7 Å². The van der Waals surface area contributed by atoms with Crippen LogP contribution in [0.3, 0.4) is 0 Å². The molecule has 1 aliphatic rings. The molecule has 0 saturated carbocycles. The predicted molar refractivity (Wildman–Crippen MR) is 66.6 cm³/mol. The quantitative estimate of drug-likeness (QED) is 0.646. The first kappa shape index (κ1) is 13.6. The Morgan fingerprint density at radius 1 is 1.28 bits per heavy atom. The standard InChI is InChI=1S/C10H13ClN2O4S/c11-7-2-1-6(3-8(7)12)18(16,17)13-4-9(14)10(15)5-13/h1-3,9-10,14-15H,4-5,12H2/t9-,10+. The SMILES string of the molecule is Nc1cc(S(=O)(=O)N2C[C@@H](O)[C@@H](O)C2)ccc1Cl. The summed E-state index contributed by atoms with van der Waals surface area (Å²) < 4.78 is 25.4. The normalized spacial score (nSPS) is 25.5. The van der Waals surface area contributed by atoms with Crippen LogP contribution in [0.2, 0.25) is 5.02 Å². The number of nitrogens with zero attached hydrogens (tertiary/aromatic N) is 1. The lowest BCUT2D eigenvalue weighted by Crippen LogP contribution is -2.30. The average Bonchev–Trinajstić information content (AvgIpc) is 2.64. The van der Waals surface area contributed by atoms with Crippen molar-refractivity contribution < 1.29 is 18.6 Å². The molecule has 0 aromatic heterocycles. The minimum atomic E-state index is -3.77. The van der Waals surface area contributed by atoms with Crippen LogP contribution < -0.4 is 5.73 Å². The molecule has 1 aromatic carbocycles. The molecule has 2 rings (SSSR count). The summed E-state index contributed by atoms with van der Waals surface area (Å²) >= 11 is 5.72. The second-order valence-electron chi connectivity index (χ2n) is 4.14. The molecule has 0 radical (unpaired) electrons. The van der Waals surface area contributed by atoms with Gasteiger partial charge in [0.05, 0.1) is 27.8 Å². The van der Waals surface area contributed by atoms with E-state index in [1.165, 1.54) is 18.2 Å².